The van der Waals surface area contributed by atoms with Crippen LogP contribution in [0.1, 0.15) is 83.0 Å². The van der Waals surface area contributed by atoms with Crippen LogP contribution < -0.4 is 0 Å². The molecule has 32 heavy (non-hydrogen) atoms. The molecule has 2 aromatic carbocycles. The second-order valence-electron chi connectivity index (χ2n) is 7.78. The molecule has 2 aromatic rings. The van der Waals surface area contributed by atoms with Crippen molar-refractivity contribution in [3.05, 3.63) is 70.8 Å². The third-order valence-electron chi connectivity index (χ3n) is 2.78. The Morgan fingerprint density at radius 1 is 0.469 bits per heavy atom. The van der Waals surface area contributed by atoms with E-state index < -0.39 is 23.9 Å². The summed E-state index contributed by atoms with van der Waals surface area (Å²) >= 11 is 0. The first-order chi connectivity index (χ1) is 14.7. The Labute approximate surface area is 188 Å². The number of rotatable bonds is 4. The summed E-state index contributed by atoms with van der Waals surface area (Å²) in [6.07, 6.45) is 0. The minimum absolute atomic E-state index is 0.190. The number of aromatic carboxylic acids is 4. The zero-order chi connectivity index (χ0) is 25.4. The van der Waals surface area contributed by atoms with Crippen molar-refractivity contribution >= 4 is 23.9 Å². The number of carboxylic acid groups (broad SMARTS) is 4. The molecule has 0 fully saturated rings. The third-order valence-corrected chi connectivity index (χ3v) is 2.78. The zero-order valence-electron chi connectivity index (χ0n) is 19.2. The topological polar surface area (TPSA) is 149 Å². The van der Waals surface area contributed by atoms with E-state index in [0.717, 1.165) is 11.8 Å². The minimum atomic E-state index is -1.23. The van der Waals surface area contributed by atoms with Crippen molar-refractivity contribution < 1.29 is 39.6 Å². The molecule has 0 atom stereocenters. The van der Waals surface area contributed by atoms with E-state index in [2.05, 4.69) is 41.5 Å². The summed E-state index contributed by atoms with van der Waals surface area (Å²) in [5.74, 6) is -3.25. The first-order valence-corrected chi connectivity index (χ1v) is 9.83. The fourth-order valence-corrected chi connectivity index (χ4v) is 1.71. The van der Waals surface area contributed by atoms with Gasteiger partial charge in [0.1, 0.15) is 0 Å². The van der Waals surface area contributed by atoms with Crippen LogP contribution in [-0.2, 0) is 0 Å². The van der Waals surface area contributed by atoms with Gasteiger partial charge in [0.25, 0.3) is 0 Å². The van der Waals surface area contributed by atoms with Crippen LogP contribution in [0.3, 0.4) is 0 Å². The largest absolute Gasteiger partial charge is 0.478 e. The van der Waals surface area contributed by atoms with E-state index in [9.17, 15) is 19.2 Å². The smallest absolute Gasteiger partial charge is 0.336 e. The average Bonchev–Trinajstić information content (AvgIpc) is 2.67. The van der Waals surface area contributed by atoms with Crippen molar-refractivity contribution in [2.75, 3.05) is 0 Å². The van der Waals surface area contributed by atoms with Crippen LogP contribution >= 0.6 is 0 Å². The summed E-state index contributed by atoms with van der Waals surface area (Å²) < 4.78 is 0. The molecule has 0 radical (unpaired) electrons. The maximum atomic E-state index is 10.5. The molecule has 8 heteroatoms. The van der Waals surface area contributed by atoms with Gasteiger partial charge in [-0.1, -0.05) is 65.8 Å². The first kappa shape index (κ1) is 30.5. The van der Waals surface area contributed by atoms with Crippen LogP contribution in [0.15, 0.2) is 48.5 Å². The predicted molar refractivity (Wildman–Crippen MR) is 122 cm³/mol. The number of benzene rings is 2. The number of carboxylic acids is 4. The van der Waals surface area contributed by atoms with Crippen molar-refractivity contribution in [3.8, 4) is 0 Å². The Balaban J connectivity index is 0. The Hall–Kier alpha value is -3.68. The van der Waals surface area contributed by atoms with Crippen molar-refractivity contribution in [2.45, 2.75) is 41.5 Å². The molecule has 176 valence electrons. The summed E-state index contributed by atoms with van der Waals surface area (Å²) in [5, 5.41) is 34.2. The third kappa shape index (κ3) is 14.3. The first-order valence-electron chi connectivity index (χ1n) is 9.83. The van der Waals surface area contributed by atoms with Gasteiger partial charge in [0.05, 0.1) is 22.3 Å². The van der Waals surface area contributed by atoms with Gasteiger partial charge < -0.3 is 20.4 Å². The Kier molecular flexibility index (Phi) is 15.3. The van der Waals surface area contributed by atoms with E-state index in [1.807, 2.05) is 0 Å². The molecule has 0 heterocycles. The molecule has 0 aliphatic carbocycles. The van der Waals surface area contributed by atoms with Crippen LogP contribution in [0.2, 0.25) is 0 Å². The van der Waals surface area contributed by atoms with E-state index >= 15 is 0 Å². The molecule has 2 rings (SSSR count). The average molecular weight is 449 g/mol. The lowest BCUT2D eigenvalue weighted by Crippen LogP contribution is -2.06. The lowest BCUT2D eigenvalue weighted by Gasteiger charge is -1.98. The summed E-state index contributed by atoms with van der Waals surface area (Å²) in [6.45, 7) is 13.0. The van der Waals surface area contributed by atoms with Crippen molar-refractivity contribution in [2.24, 2.45) is 11.8 Å². The van der Waals surface area contributed by atoms with Crippen molar-refractivity contribution in [3.63, 3.8) is 0 Å². The minimum Gasteiger partial charge on any atom is -0.478 e. The van der Waals surface area contributed by atoms with E-state index in [4.69, 9.17) is 20.4 Å². The highest BCUT2D eigenvalue weighted by Crippen LogP contribution is 2.08. The Morgan fingerprint density at radius 2 is 0.594 bits per heavy atom. The summed E-state index contributed by atoms with van der Waals surface area (Å²) in [5.41, 5.74) is -0.759. The molecule has 8 nitrogen and oxygen atoms in total. The lowest BCUT2D eigenvalue weighted by atomic mass is 10.1. The quantitative estimate of drug-likeness (QED) is 0.479. The van der Waals surface area contributed by atoms with Gasteiger partial charge in [-0.05, 0) is 36.1 Å². The van der Waals surface area contributed by atoms with Gasteiger partial charge in [0.2, 0.25) is 0 Å². The maximum Gasteiger partial charge on any atom is 0.336 e. The monoisotopic (exact) mass is 448 g/mol. The molecular weight excluding hydrogens is 416 g/mol. The number of hydrogen-bond acceptors (Lipinski definition) is 4. The van der Waals surface area contributed by atoms with Crippen LogP contribution in [0.5, 0.6) is 0 Å². The molecule has 0 unspecified atom stereocenters. The summed E-state index contributed by atoms with van der Waals surface area (Å²) in [6, 6.07) is 11.0. The van der Waals surface area contributed by atoms with Crippen LogP contribution in [0.4, 0.5) is 0 Å². The maximum absolute atomic E-state index is 10.5. The van der Waals surface area contributed by atoms with Crippen LogP contribution in [-0.4, -0.2) is 44.3 Å². The Bertz CT molecular complexity index is 740. The fraction of sp³-hybridized carbons (Fsp3) is 0.333. The molecule has 0 bridgehead atoms. The highest BCUT2D eigenvalue weighted by atomic mass is 16.4. The molecule has 0 spiro atoms. The summed E-state index contributed by atoms with van der Waals surface area (Å²) in [4.78, 5) is 41.9. The van der Waals surface area contributed by atoms with E-state index in [1.165, 1.54) is 48.5 Å². The Morgan fingerprint density at radius 3 is 0.688 bits per heavy atom. The zero-order valence-corrected chi connectivity index (χ0v) is 19.2. The van der Waals surface area contributed by atoms with Crippen LogP contribution in [0, 0.1) is 11.8 Å². The predicted octanol–water partition coefficient (Wildman–Crippen LogP) is 5.49. The number of carbonyl (C=O) groups is 4. The van der Waals surface area contributed by atoms with Gasteiger partial charge >= 0.3 is 23.9 Å². The van der Waals surface area contributed by atoms with Crippen LogP contribution in [0.25, 0.3) is 0 Å². The highest BCUT2D eigenvalue weighted by molar-refractivity contribution is 6.02. The van der Waals surface area contributed by atoms with E-state index in [0.29, 0.717) is 0 Å². The molecule has 4 N–H and O–H groups in total. The molecule has 0 saturated carbocycles. The van der Waals surface area contributed by atoms with Gasteiger partial charge in [0.15, 0.2) is 0 Å². The second kappa shape index (κ2) is 16.1. The molecule has 0 amide bonds. The lowest BCUT2D eigenvalue weighted by molar-refractivity contribution is 0.0651. The normalized spacial score (nSPS) is 9.25. The van der Waals surface area contributed by atoms with Gasteiger partial charge in [-0.15, -0.1) is 0 Å². The van der Waals surface area contributed by atoms with E-state index in [-0.39, 0.29) is 22.3 Å². The van der Waals surface area contributed by atoms with Crippen molar-refractivity contribution in [1.29, 1.82) is 0 Å². The van der Waals surface area contributed by atoms with Gasteiger partial charge in [-0.3, -0.25) is 0 Å². The van der Waals surface area contributed by atoms with Gasteiger partial charge in [-0.2, -0.15) is 0 Å². The standard InChI is InChI=1S/2C8H6O4.2C4H10/c2*9-7(10)5-3-1-2-4-6(5)8(11)12;2*1-4(2)3/h2*1-4H,(H,9,10)(H,11,12);2*4H,1-3H3. The molecular formula is C24H32O8. The molecule has 0 aliphatic heterocycles. The van der Waals surface area contributed by atoms with Crippen molar-refractivity contribution in [1.82, 2.24) is 0 Å². The molecule has 0 aliphatic rings. The molecule has 0 saturated heterocycles. The fourth-order valence-electron chi connectivity index (χ4n) is 1.71. The second-order valence-corrected chi connectivity index (χ2v) is 7.78. The SMILES string of the molecule is CC(C)C.CC(C)C.O=C(O)c1ccccc1C(=O)O.O=C(O)c1ccccc1C(=O)O. The van der Waals surface area contributed by atoms with E-state index in [1.54, 1.807) is 0 Å². The number of hydrogen-bond donors (Lipinski definition) is 4. The highest BCUT2D eigenvalue weighted by Gasteiger charge is 2.14. The van der Waals surface area contributed by atoms with Gasteiger partial charge in [0, 0.05) is 0 Å². The molecule has 0 aromatic heterocycles. The summed E-state index contributed by atoms with van der Waals surface area (Å²) in [7, 11) is 0. The van der Waals surface area contributed by atoms with Gasteiger partial charge in [-0.25, -0.2) is 19.2 Å².